The summed E-state index contributed by atoms with van der Waals surface area (Å²) >= 11 is 0. The highest BCUT2D eigenvalue weighted by molar-refractivity contribution is 5.49. The molecule has 0 fully saturated rings. The molecule has 0 unspecified atom stereocenters. The fraction of sp³-hybridized carbons (Fsp3) is 0.357. The van der Waals surface area contributed by atoms with Gasteiger partial charge in [0.2, 0.25) is 0 Å². The minimum absolute atomic E-state index is 0.575. The lowest BCUT2D eigenvalue weighted by molar-refractivity contribution is 0.110. The average molecular weight is 243 g/mol. The summed E-state index contributed by atoms with van der Waals surface area (Å²) in [7, 11) is 0. The van der Waals surface area contributed by atoms with E-state index in [-0.39, 0.29) is 0 Å². The fourth-order valence-electron chi connectivity index (χ4n) is 2.55. The fourth-order valence-corrected chi connectivity index (χ4v) is 2.55. The Kier molecular flexibility index (Phi) is 2.59. The summed E-state index contributed by atoms with van der Waals surface area (Å²) in [6, 6.07) is 6.43. The molecule has 0 amide bonds. The van der Waals surface area contributed by atoms with E-state index in [0.717, 1.165) is 24.3 Å². The van der Waals surface area contributed by atoms with E-state index in [1.165, 1.54) is 16.8 Å². The number of anilines is 1. The van der Waals surface area contributed by atoms with Crippen LogP contribution in [-0.2, 0) is 17.8 Å². The number of aryl methyl sites for hydroxylation is 2. The molecular weight excluding hydrogens is 226 g/mol. The highest BCUT2D eigenvalue weighted by atomic mass is 16.5. The number of benzene rings is 1. The summed E-state index contributed by atoms with van der Waals surface area (Å²) < 4.78 is 7.41. The minimum Gasteiger partial charge on any atom is -0.382 e. The first-order valence-corrected chi connectivity index (χ1v) is 6.18. The Labute approximate surface area is 106 Å². The van der Waals surface area contributed by atoms with Crippen LogP contribution in [0.4, 0.5) is 5.82 Å². The molecular formula is C14H17N3O. The molecule has 3 rings (SSSR count). The third kappa shape index (κ3) is 1.78. The number of nitrogens with two attached hydrogens (primary N) is 1. The van der Waals surface area contributed by atoms with Crippen LogP contribution < -0.4 is 5.73 Å². The first kappa shape index (κ1) is 11.3. The first-order valence-electron chi connectivity index (χ1n) is 6.18. The van der Waals surface area contributed by atoms with Crippen LogP contribution in [0.15, 0.2) is 18.2 Å². The van der Waals surface area contributed by atoms with Crippen molar-refractivity contribution in [3.05, 3.63) is 40.6 Å². The van der Waals surface area contributed by atoms with Crippen LogP contribution in [0.25, 0.3) is 5.69 Å². The molecule has 4 heteroatoms. The zero-order chi connectivity index (χ0) is 12.7. The Balaban J connectivity index is 2.17. The lowest BCUT2D eigenvalue weighted by atomic mass is 10.1. The molecule has 18 heavy (non-hydrogen) atoms. The van der Waals surface area contributed by atoms with Gasteiger partial charge in [-0.15, -0.1) is 0 Å². The Morgan fingerprint density at radius 1 is 1.22 bits per heavy atom. The predicted octanol–water partition coefficient (Wildman–Crippen LogP) is 2.14. The SMILES string of the molecule is Cc1cc(C)cc(-n2nc(N)c3c2CCOC3)c1. The van der Waals surface area contributed by atoms with Gasteiger partial charge in [0.05, 0.1) is 24.6 Å². The van der Waals surface area contributed by atoms with Crippen LogP contribution in [0.2, 0.25) is 0 Å². The Morgan fingerprint density at radius 3 is 2.67 bits per heavy atom. The van der Waals surface area contributed by atoms with Crippen molar-refractivity contribution in [2.45, 2.75) is 26.9 Å². The van der Waals surface area contributed by atoms with Gasteiger partial charge < -0.3 is 10.5 Å². The van der Waals surface area contributed by atoms with E-state index in [9.17, 15) is 0 Å². The largest absolute Gasteiger partial charge is 0.382 e. The van der Waals surface area contributed by atoms with E-state index in [4.69, 9.17) is 10.5 Å². The Hall–Kier alpha value is -1.81. The molecule has 0 radical (unpaired) electrons. The van der Waals surface area contributed by atoms with Gasteiger partial charge in [0.1, 0.15) is 0 Å². The quantitative estimate of drug-likeness (QED) is 0.835. The molecule has 4 nitrogen and oxygen atoms in total. The Morgan fingerprint density at radius 2 is 1.94 bits per heavy atom. The van der Waals surface area contributed by atoms with Gasteiger partial charge in [-0.1, -0.05) is 6.07 Å². The third-order valence-corrected chi connectivity index (χ3v) is 3.30. The van der Waals surface area contributed by atoms with Crippen LogP contribution in [0.1, 0.15) is 22.4 Å². The summed E-state index contributed by atoms with van der Waals surface area (Å²) in [6.45, 7) is 5.51. The van der Waals surface area contributed by atoms with Crippen molar-refractivity contribution in [1.82, 2.24) is 9.78 Å². The summed E-state index contributed by atoms with van der Waals surface area (Å²) in [5.41, 5.74) is 11.7. The van der Waals surface area contributed by atoms with Gasteiger partial charge in [-0.2, -0.15) is 5.10 Å². The second kappa shape index (κ2) is 4.14. The molecule has 0 aliphatic carbocycles. The maximum absolute atomic E-state index is 5.96. The standard InChI is InChI=1S/C14H17N3O/c1-9-5-10(2)7-11(6-9)17-13-3-4-18-8-12(13)14(15)16-17/h5-7H,3-4,8H2,1-2H3,(H2,15,16). The molecule has 1 aliphatic heterocycles. The number of nitrogens with zero attached hydrogens (tertiary/aromatic N) is 2. The van der Waals surface area contributed by atoms with E-state index in [0.29, 0.717) is 12.4 Å². The van der Waals surface area contributed by atoms with E-state index < -0.39 is 0 Å². The molecule has 0 saturated carbocycles. The van der Waals surface area contributed by atoms with Gasteiger partial charge in [0.25, 0.3) is 0 Å². The first-order chi connectivity index (χ1) is 8.65. The van der Waals surface area contributed by atoms with Crippen LogP contribution in [0.3, 0.4) is 0 Å². The van der Waals surface area contributed by atoms with E-state index in [1.807, 2.05) is 4.68 Å². The Bertz CT molecular complexity index is 581. The second-order valence-electron chi connectivity index (χ2n) is 4.87. The molecule has 0 spiro atoms. The van der Waals surface area contributed by atoms with E-state index in [1.54, 1.807) is 0 Å². The highest BCUT2D eigenvalue weighted by Crippen LogP contribution is 2.26. The van der Waals surface area contributed by atoms with Gasteiger partial charge in [0.15, 0.2) is 5.82 Å². The topological polar surface area (TPSA) is 53.1 Å². The maximum Gasteiger partial charge on any atom is 0.151 e. The van der Waals surface area contributed by atoms with E-state index >= 15 is 0 Å². The number of fused-ring (bicyclic) bond motifs is 1. The summed E-state index contributed by atoms with van der Waals surface area (Å²) in [6.07, 6.45) is 0.868. The van der Waals surface area contributed by atoms with Gasteiger partial charge in [0, 0.05) is 12.0 Å². The van der Waals surface area contributed by atoms with Crippen LogP contribution in [-0.4, -0.2) is 16.4 Å². The second-order valence-corrected chi connectivity index (χ2v) is 4.87. The van der Waals surface area contributed by atoms with Crippen LogP contribution in [0, 0.1) is 13.8 Å². The molecule has 1 aliphatic rings. The van der Waals surface area contributed by atoms with Crippen molar-refractivity contribution in [1.29, 1.82) is 0 Å². The van der Waals surface area contributed by atoms with Gasteiger partial charge in [-0.3, -0.25) is 0 Å². The van der Waals surface area contributed by atoms with Crippen LogP contribution in [0.5, 0.6) is 0 Å². The molecule has 94 valence electrons. The number of rotatable bonds is 1. The number of nitrogen functional groups attached to an aromatic ring is 1. The van der Waals surface area contributed by atoms with Crippen molar-refractivity contribution in [3.63, 3.8) is 0 Å². The third-order valence-electron chi connectivity index (χ3n) is 3.30. The van der Waals surface area contributed by atoms with E-state index in [2.05, 4.69) is 37.1 Å². The highest BCUT2D eigenvalue weighted by Gasteiger charge is 2.20. The van der Waals surface area contributed by atoms with Crippen molar-refractivity contribution in [2.24, 2.45) is 0 Å². The lowest BCUT2D eigenvalue weighted by Crippen LogP contribution is -2.13. The summed E-state index contributed by atoms with van der Waals surface area (Å²) in [4.78, 5) is 0. The normalized spacial score (nSPS) is 14.6. The number of aromatic nitrogens is 2. The van der Waals surface area contributed by atoms with Gasteiger partial charge in [-0.25, -0.2) is 4.68 Å². The molecule has 1 aromatic carbocycles. The molecule has 0 saturated heterocycles. The molecule has 1 aromatic heterocycles. The maximum atomic E-state index is 5.96. The van der Waals surface area contributed by atoms with Gasteiger partial charge in [-0.05, 0) is 37.1 Å². The monoisotopic (exact) mass is 243 g/mol. The smallest absolute Gasteiger partial charge is 0.151 e. The predicted molar refractivity (Wildman–Crippen MR) is 70.8 cm³/mol. The minimum atomic E-state index is 0.575. The summed E-state index contributed by atoms with van der Waals surface area (Å²) in [5, 5.41) is 4.46. The van der Waals surface area contributed by atoms with Crippen molar-refractivity contribution in [3.8, 4) is 5.69 Å². The van der Waals surface area contributed by atoms with Crippen LogP contribution >= 0.6 is 0 Å². The zero-order valence-corrected chi connectivity index (χ0v) is 10.7. The summed E-state index contributed by atoms with van der Waals surface area (Å²) in [5.74, 6) is 0.587. The zero-order valence-electron chi connectivity index (χ0n) is 10.7. The molecule has 2 N–H and O–H groups in total. The van der Waals surface area contributed by atoms with Crippen molar-refractivity contribution >= 4 is 5.82 Å². The lowest BCUT2D eigenvalue weighted by Gasteiger charge is -2.15. The molecule has 0 bridgehead atoms. The number of hydrogen-bond acceptors (Lipinski definition) is 3. The van der Waals surface area contributed by atoms with Crippen molar-refractivity contribution < 1.29 is 4.74 Å². The molecule has 2 aromatic rings. The van der Waals surface area contributed by atoms with Gasteiger partial charge >= 0.3 is 0 Å². The number of ether oxygens (including phenoxy) is 1. The average Bonchev–Trinajstić information content (AvgIpc) is 2.66. The van der Waals surface area contributed by atoms with Crippen molar-refractivity contribution in [2.75, 3.05) is 12.3 Å². The molecule has 0 atom stereocenters. The molecule has 2 heterocycles. The number of hydrogen-bond donors (Lipinski definition) is 1.